The number of hydrogen-bond acceptors (Lipinski definition) is 6. The van der Waals surface area contributed by atoms with E-state index in [4.69, 9.17) is 14.5 Å². The number of benzene rings is 1. The van der Waals surface area contributed by atoms with E-state index in [0.717, 1.165) is 43.2 Å². The van der Waals surface area contributed by atoms with Crippen LogP contribution in [0.4, 0.5) is 11.5 Å². The zero-order valence-corrected chi connectivity index (χ0v) is 18.4. The van der Waals surface area contributed by atoms with Gasteiger partial charge in [-0.15, -0.1) is 0 Å². The fourth-order valence-electron chi connectivity index (χ4n) is 4.52. The lowest BCUT2D eigenvalue weighted by Gasteiger charge is -2.19. The lowest BCUT2D eigenvalue weighted by atomic mass is 10.1. The van der Waals surface area contributed by atoms with Crippen LogP contribution in [0.2, 0.25) is 0 Å². The van der Waals surface area contributed by atoms with Crippen LogP contribution in [-0.4, -0.2) is 42.3 Å². The molecule has 1 fully saturated rings. The molecule has 0 saturated carbocycles. The highest BCUT2D eigenvalue weighted by Crippen LogP contribution is 2.35. The van der Waals surface area contributed by atoms with Crippen LogP contribution in [0.5, 0.6) is 5.75 Å². The fourth-order valence-corrected chi connectivity index (χ4v) is 4.52. The molecule has 2 aliphatic rings. The molecule has 0 spiro atoms. The predicted octanol–water partition coefficient (Wildman–Crippen LogP) is 4.06. The van der Waals surface area contributed by atoms with Gasteiger partial charge < -0.3 is 19.7 Å². The molecule has 3 aromatic rings. The lowest BCUT2D eigenvalue weighted by Crippen LogP contribution is -2.28. The first kappa shape index (κ1) is 20.9. The second-order valence-corrected chi connectivity index (χ2v) is 8.45. The zero-order valence-electron chi connectivity index (χ0n) is 18.4. The Balaban J connectivity index is 1.22. The first-order valence-electron chi connectivity index (χ1n) is 11.5. The summed E-state index contributed by atoms with van der Waals surface area (Å²) in [5.41, 5.74) is 4.87. The molecule has 0 aliphatic carbocycles. The molecule has 0 amide bonds. The van der Waals surface area contributed by atoms with Gasteiger partial charge in [-0.25, -0.2) is 4.98 Å². The maximum Gasteiger partial charge on any atom is 0.139 e. The van der Waals surface area contributed by atoms with Gasteiger partial charge >= 0.3 is 0 Å². The maximum absolute atomic E-state index is 6.02. The Bertz CT molecular complexity index is 1020. The molecule has 0 bridgehead atoms. The molecular formula is C26H30N4O2. The highest BCUT2D eigenvalue weighted by atomic mass is 16.5. The third-order valence-corrected chi connectivity index (χ3v) is 6.22. The molecule has 1 N–H and O–H groups in total. The van der Waals surface area contributed by atoms with Crippen molar-refractivity contribution >= 4 is 11.5 Å². The molecule has 6 heteroatoms. The molecule has 166 valence electrons. The third kappa shape index (κ3) is 4.92. The van der Waals surface area contributed by atoms with E-state index >= 15 is 0 Å². The Morgan fingerprint density at radius 3 is 2.94 bits per heavy atom. The average molecular weight is 431 g/mol. The minimum absolute atomic E-state index is 0.444. The minimum atomic E-state index is 0.444. The van der Waals surface area contributed by atoms with Crippen molar-refractivity contribution in [3.05, 3.63) is 77.7 Å². The van der Waals surface area contributed by atoms with Crippen molar-refractivity contribution in [2.75, 3.05) is 31.2 Å². The van der Waals surface area contributed by atoms with Gasteiger partial charge in [0.05, 0.1) is 31.3 Å². The average Bonchev–Trinajstić information content (AvgIpc) is 3.52. The summed E-state index contributed by atoms with van der Waals surface area (Å²) in [5, 5.41) is 3.47. The summed E-state index contributed by atoms with van der Waals surface area (Å²) in [6.45, 7) is 4.02. The molecule has 0 unspecified atom stereocenters. The molecule has 0 radical (unpaired) electrons. The SMILES string of the molecule is c1ccc(COCCc2ccnc3c2CCN3c2cncc(OC[C@@H]3CCCN3)c2)cc1. The number of fused-ring (bicyclic) bond motifs is 1. The van der Waals surface area contributed by atoms with E-state index in [0.29, 0.717) is 25.9 Å². The standard InChI is InChI=1S/C26H30N4O2/c1-2-5-20(6-3-1)18-31-14-10-21-8-12-29-26-25(21)9-13-30(26)23-15-24(17-27-16-23)32-19-22-7-4-11-28-22/h1-3,5-6,8,12,15-17,22,28H,4,7,9-11,13-14,18-19H2/t22-/m0/s1. The number of ether oxygens (including phenoxy) is 2. The van der Waals surface area contributed by atoms with E-state index in [1.54, 1.807) is 6.20 Å². The van der Waals surface area contributed by atoms with Crippen molar-refractivity contribution in [2.45, 2.75) is 38.3 Å². The van der Waals surface area contributed by atoms with E-state index in [1.807, 2.05) is 30.6 Å². The summed E-state index contributed by atoms with van der Waals surface area (Å²) in [6.07, 6.45) is 9.87. The maximum atomic E-state index is 6.02. The Kier molecular flexibility index (Phi) is 6.61. The van der Waals surface area contributed by atoms with Crippen molar-refractivity contribution in [1.29, 1.82) is 0 Å². The van der Waals surface area contributed by atoms with Crippen molar-refractivity contribution in [1.82, 2.24) is 15.3 Å². The Morgan fingerprint density at radius 1 is 1.12 bits per heavy atom. The van der Waals surface area contributed by atoms with Crippen molar-refractivity contribution < 1.29 is 9.47 Å². The minimum Gasteiger partial charge on any atom is -0.490 e. The lowest BCUT2D eigenvalue weighted by molar-refractivity contribution is 0.123. The van der Waals surface area contributed by atoms with Crippen LogP contribution in [0.3, 0.4) is 0 Å². The van der Waals surface area contributed by atoms with Gasteiger partial charge in [-0.2, -0.15) is 0 Å². The van der Waals surface area contributed by atoms with Gasteiger partial charge in [0.25, 0.3) is 0 Å². The van der Waals surface area contributed by atoms with Crippen LogP contribution in [-0.2, 0) is 24.2 Å². The van der Waals surface area contributed by atoms with Crippen LogP contribution in [0.1, 0.15) is 29.5 Å². The van der Waals surface area contributed by atoms with Gasteiger partial charge in [-0.1, -0.05) is 30.3 Å². The number of nitrogens with one attached hydrogen (secondary N) is 1. The van der Waals surface area contributed by atoms with Crippen LogP contribution in [0, 0.1) is 0 Å². The normalized spacial score (nSPS) is 17.5. The number of rotatable bonds is 9. The third-order valence-electron chi connectivity index (χ3n) is 6.22. The molecule has 2 aromatic heterocycles. The van der Waals surface area contributed by atoms with E-state index < -0.39 is 0 Å². The number of hydrogen-bond donors (Lipinski definition) is 1. The van der Waals surface area contributed by atoms with E-state index in [9.17, 15) is 0 Å². The molecule has 1 saturated heterocycles. The first-order chi connectivity index (χ1) is 15.9. The quantitative estimate of drug-likeness (QED) is 0.517. The molecule has 6 nitrogen and oxygen atoms in total. The number of nitrogens with zero attached hydrogens (tertiary/aromatic N) is 3. The van der Waals surface area contributed by atoms with E-state index in [2.05, 4.69) is 39.5 Å². The van der Waals surface area contributed by atoms with Gasteiger partial charge in [-0.05, 0) is 49.4 Å². The number of anilines is 2. The van der Waals surface area contributed by atoms with Crippen LogP contribution >= 0.6 is 0 Å². The van der Waals surface area contributed by atoms with Gasteiger partial charge in [0.15, 0.2) is 0 Å². The van der Waals surface area contributed by atoms with E-state index in [-0.39, 0.29) is 0 Å². The molecule has 5 rings (SSSR count). The van der Waals surface area contributed by atoms with Gasteiger partial charge in [0, 0.05) is 30.4 Å². The summed E-state index contributed by atoms with van der Waals surface area (Å²) in [7, 11) is 0. The smallest absolute Gasteiger partial charge is 0.139 e. The monoisotopic (exact) mass is 430 g/mol. The fraction of sp³-hybridized carbons (Fsp3) is 0.385. The highest BCUT2D eigenvalue weighted by Gasteiger charge is 2.25. The van der Waals surface area contributed by atoms with Gasteiger partial charge in [0.1, 0.15) is 18.2 Å². The largest absolute Gasteiger partial charge is 0.490 e. The van der Waals surface area contributed by atoms with Crippen LogP contribution in [0.15, 0.2) is 61.1 Å². The summed E-state index contributed by atoms with van der Waals surface area (Å²) in [4.78, 5) is 11.4. The number of aromatic nitrogens is 2. The first-order valence-corrected chi connectivity index (χ1v) is 11.5. The summed E-state index contributed by atoms with van der Waals surface area (Å²) < 4.78 is 11.9. The second kappa shape index (κ2) is 10.1. The van der Waals surface area contributed by atoms with E-state index in [1.165, 1.54) is 29.5 Å². The molecule has 32 heavy (non-hydrogen) atoms. The molecule has 1 aromatic carbocycles. The molecular weight excluding hydrogens is 400 g/mol. The molecule has 2 aliphatic heterocycles. The highest BCUT2D eigenvalue weighted by molar-refractivity contribution is 5.67. The van der Waals surface area contributed by atoms with Crippen molar-refractivity contribution in [2.24, 2.45) is 0 Å². The second-order valence-electron chi connectivity index (χ2n) is 8.45. The van der Waals surface area contributed by atoms with Gasteiger partial charge in [-0.3, -0.25) is 4.98 Å². The predicted molar refractivity (Wildman–Crippen MR) is 126 cm³/mol. The Labute approximate surface area is 189 Å². The van der Waals surface area contributed by atoms with Crippen molar-refractivity contribution in [3.8, 4) is 5.75 Å². The van der Waals surface area contributed by atoms with Crippen molar-refractivity contribution in [3.63, 3.8) is 0 Å². The zero-order chi connectivity index (χ0) is 21.6. The van der Waals surface area contributed by atoms with Crippen LogP contribution in [0.25, 0.3) is 0 Å². The molecule has 4 heterocycles. The Hall–Kier alpha value is -2.96. The number of pyridine rings is 2. The summed E-state index contributed by atoms with van der Waals surface area (Å²) in [5.74, 6) is 1.84. The summed E-state index contributed by atoms with van der Waals surface area (Å²) in [6, 6.07) is 15.0. The summed E-state index contributed by atoms with van der Waals surface area (Å²) >= 11 is 0. The van der Waals surface area contributed by atoms with Crippen LogP contribution < -0.4 is 15.0 Å². The topological polar surface area (TPSA) is 59.5 Å². The molecule has 1 atom stereocenters. The van der Waals surface area contributed by atoms with Gasteiger partial charge in [0.2, 0.25) is 0 Å². The Morgan fingerprint density at radius 2 is 2.06 bits per heavy atom.